The minimum absolute atomic E-state index is 0.171. The van der Waals surface area contributed by atoms with Crippen molar-refractivity contribution in [2.75, 3.05) is 26.0 Å². The van der Waals surface area contributed by atoms with E-state index in [2.05, 4.69) is 15.3 Å². The van der Waals surface area contributed by atoms with E-state index in [-0.39, 0.29) is 12.5 Å². The van der Waals surface area contributed by atoms with E-state index in [4.69, 9.17) is 23.2 Å². The first kappa shape index (κ1) is 17.6. The molecule has 1 amide bonds. The first-order valence-electron chi connectivity index (χ1n) is 7.59. The maximum absolute atomic E-state index is 12.2. The Hall–Kier alpha value is -2.21. The molecule has 0 atom stereocenters. The first-order valence-corrected chi connectivity index (χ1v) is 8.35. The maximum Gasteiger partial charge on any atom is 0.239 e. The lowest BCUT2D eigenvalue weighted by molar-refractivity contribution is -0.116. The number of anilines is 1. The van der Waals surface area contributed by atoms with Crippen molar-refractivity contribution in [2.24, 2.45) is 0 Å². The molecule has 2 aromatic heterocycles. The fourth-order valence-corrected chi connectivity index (χ4v) is 3.12. The number of hydrogen-bond acceptors (Lipinski definition) is 4. The lowest BCUT2D eigenvalue weighted by Crippen LogP contribution is -2.27. The molecule has 0 aliphatic heterocycles. The smallest absolute Gasteiger partial charge is 0.239 e. The molecule has 5 nitrogen and oxygen atoms in total. The van der Waals surface area contributed by atoms with E-state index in [9.17, 15) is 4.79 Å². The van der Waals surface area contributed by atoms with Gasteiger partial charge in [0.05, 0.1) is 22.1 Å². The summed E-state index contributed by atoms with van der Waals surface area (Å²) >= 11 is 12.7. The minimum Gasteiger partial charge on any atom is -0.309 e. The van der Waals surface area contributed by atoms with Crippen molar-refractivity contribution in [2.45, 2.75) is 0 Å². The van der Waals surface area contributed by atoms with E-state index in [1.165, 1.54) is 0 Å². The molecule has 1 N–H and O–H groups in total. The quantitative estimate of drug-likeness (QED) is 0.746. The molecule has 0 aliphatic rings. The summed E-state index contributed by atoms with van der Waals surface area (Å²) in [5.41, 5.74) is 2.01. The van der Waals surface area contributed by atoms with Crippen LogP contribution in [0.15, 0.2) is 42.7 Å². The summed E-state index contributed by atoms with van der Waals surface area (Å²) in [6.45, 7) is 0.242. The summed E-state index contributed by atoms with van der Waals surface area (Å²) in [6, 6.07) is 8.94. The normalized spacial score (nSPS) is 11.1. The highest BCUT2D eigenvalue weighted by atomic mass is 35.5. The standard InChI is InChI=1S/C18H16Cl2N4O/c1-24(2)10-16(25)23-18-12(17-13(19)4-3-5-14(17)20)8-11-9-21-7-6-15(11)22-18/h3-9H,10H2,1-2H3,(H,22,23,25). The van der Waals surface area contributed by atoms with Gasteiger partial charge >= 0.3 is 0 Å². The Bertz CT molecular complexity index is 923. The van der Waals surface area contributed by atoms with E-state index >= 15 is 0 Å². The molecule has 0 saturated heterocycles. The number of rotatable bonds is 4. The van der Waals surface area contributed by atoms with Crippen molar-refractivity contribution in [1.29, 1.82) is 0 Å². The Morgan fingerprint density at radius 2 is 1.92 bits per heavy atom. The van der Waals surface area contributed by atoms with Crippen LogP contribution in [0.2, 0.25) is 10.0 Å². The molecule has 7 heteroatoms. The number of carbonyl (C=O) groups is 1. The van der Waals surface area contributed by atoms with Crippen molar-refractivity contribution in [3.8, 4) is 11.1 Å². The predicted octanol–water partition coefficient (Wildman–Crippen LogP) is 4.10. The monoisotopic (exact) mass is 374 g/mol. The fourth-order valence-electron chi connectivity index (χ4n) is 2.52. The van der Waals surface area contributed by atoms with Crippen LogP contribution in [0, 0.1) is 0 Å². The Labute approximate surface area is 155 Å². The molecule has 128 valence electrons. The highest BCUT2D eigenvalue weighted by Gasteiger charge is 2.17. The molecule has 3 rings (SSSR count). The van der Waals surface area contributed by atoms with E-state index in [0.717, 1.165) is 10.9 Å². The SMILES string of the molecule is CN(C)CC(=O)Nc1nc2ccncc2cc1-c1c(Cl)cccc1Cl. The molecule has 0 radical (unpaired) electrons. The van der Waals surface area contributed by atoms with Crippen LogP contribution in [0.25, 0.3) is 22.0 Å². The highest BCUT2D eigenvalue weighted by molar-refractivity contribution is 6.39. The average molecular weight is 375 g/mol. The largest absolute Gasteiger partial charge is 0.309 e. The van der Waals surface area contributed by atoms with E-state index < -0.39 is 0 Å². The molecule has 0 spiro atoms. The van der Waals surface area contributed by atoms with Crippen molar-refractivity contribution < 1.29 is 4.79 Å². The number of benzene rings is 1. The molecule has 0 fully saturated rings. The Balaban J connectivity index is 2.18. The van der Waals surface area contributed by atoms with Crippen LogP contribution >= 0.6 is 23.2 Å². The molecule has 25 heavy (non-hydrogen) atoms. The second-order valence-electron chi connectivity index (χ2n) is 5.84. The highest BCUT2D eigenvalue weighted by Crippen LogP contribution is 2.39. The summed E-state index contributed by atoms with van der Waals surface area (Å²) < 4.78 is 0. The zero-order chi connectivity index (χ0) is 18.0. The zero-order valence-electron chi connectivity index (χ0n) is 13.8. The number of fused-ring (bicyclic) bond motifs is 1. The summed E-state index contributed by atoms with van der Waals surface area (Å²) in [7, 11) is 3.65. The van der Waals surface area contributed by atoms with Gasteiger partial charge in [-0.3, -0.25) is 9.78 Å². The van der Waals surface area contributed by atoms with Crippen LogP contribution in [-0.4, -0.2) is 41.4 Å². The second-order valence-corrected chi connectivity index (χ2v) is 6.65. The van der Waals surface area contributed by atoms with Crippen LogP contribution in [0.3, 0.4) is 0 Å². The molecule has 0 unspecified atom stereocenters. The van der Waals surface area contributed by atoms with Crippen molar-refractivity contribution in [3.05, 3.63) is 52.8 Å². The number of nitrogens with zero attached hydrogens (tertiary/aromatic N) is 3. The maximum atomic E-state index is 12.2. The molecule has 1 aromatic carbocycles. The molecule has 2 heterocycles. The van der Waals surface area contributed by atoms with Gasteiger partial charge in [0, 0.05) is 28.9 Å². The molecule has 0 saturated carbocycles. The third-order valence-electron chi connectivity index (χ3n) is 3.56. The van der Waals surface area contributed by atoms with Gasteiger partial charge in [0.15, 0.2) is 0 Å². The van der Waals surface area contributed by atoms with Crippen molar-refractivity contribution >= 4 is 45.8 Å². The number of halogens is 2. The number of nitrogens with one attached hydrogen (secondary N) is 1. The van der Waals surface area contributed by atoms with Gasteiger partial charge < -0.3 is 10.2 Å². The zero-order valence-corrected chi connectivity index (χ0v) is 15.3. The first-order chi connectivity index (χ1) is 12.0. The third-order valence-corrected chi connectivity index (χ3v) is 4.19. The van der Waals surface area contributed by atoms with E-state index in [0.29, 0.717) is 27.0 Å². The Kier molecular flexibility index (Phi) is 5.18. The van der Waals surface area contributed by atoms with Gasteiger partial charge in [-0.1, -0.05) is 29.3 Å². The van der Waals surface area contributed by atoms with Crippen LogP contribution in [0.4, 0.5) is 5.82 Å². The molecule has 0 bridgehead atoms. The van der Waals surface area contributed by atoms with Gasteiger partial charge in [0.2, 0.25) is 5.91 Å². The van der Waals surface area contributed by atoms with Crippen LogP contribution < -0.4 is 5.32 Å². The van der Waals surface area contributed by atoms with Gasteiger partial charge in [-0.15, -0.1) is 0 Å². The van der Waals surface area contributed by atoms with Gasteiger partial charge in [0.1, 0.15) is 5.82 Å². The topological polar surface area (TPSA) is 58.1 Å². The van der Waals surface area contributed by atoms with Crippen LogP contribution in [0.1, 0.15) is 0 Å². The summed E-state index contributed by atoms with van der Waals surface area (Å²) in [4.78, 5) is 22.7. The average Bonchev–Trinajstić information content (AvgIpc) is 2.54. The molecular weight excluding hydrogens is 359 g/mol. The lowest BCUT2D eigenvalue weighted by atomic mass is 10.0. The van der Waals surface area contributed by atoms with Crippen molar-refractivity contribution in [3.63, 3.8) is 0 Å². The fraction of sp³-hybridized carbons (Fsp3) is 0.167. The van der Waals surface area contributed by atoms with Crippen molar-refractivity contribution in [1.82, 2.24) is 14.9 Å². The van der Waals surface area contributed by atoms with Gasteiger partial charge in [0.25, 0.3) is 0 Å². The molecule has 0 aliphatic carbocycles. The number of likely N-dealkylation sites (N-methyl/N-ethyl adjacent to an activating group) is 1. The minimum atomic E-state index is -0.171. The second kappa shape index (κ2) is 7.35. The molecular formula is C18H16Cl2N4O. The number of amides is 1. The number of aromatic nitrogens is 2. The van der Waals surface area contributed by atoms with Crippen LogP contribution in [-0.2, 0) is 4.79 Å². The summed E-state index contributed by atoms with van der Waals surface area (Å²) in [5, 5.41) is 4.66. The lowest BCUT2D eigenvalue weighted by Gasteiger charge is -2.15. The van der Waals surface area contributed by atoms with E-state index in [1.807, 2.05) is 20.2 Å². The Morgan fingerprint density at radius 1 is 1.20 bits per heavy atom. The predicted molar refractivity (Wildman–Crippen MR) is 102 cm³/mol. The Morgan fingerprint density at radius 3 is 2.60 bits per heavy atom. The van der Waals surface area contributed by atoms with E-state index in [1.54, 1.807) is 41.6 Å². The molecule has 3 aromatic rings. The number of pyridine rings is 2. The van der Waals surface area contributed by atoms with Crippen LogP contribution in [0.5, 0.6) is 0 Å². The van der Waals surface area contributed by atoms with Gasteiger partial charge in [-0.2, -0.15) is 0 Å². The number of carbonyl (C=O) groups excluding carboxylic acids is 1. The van der Waals surface area contributed by atoms with Gasteiger partial charge in [-0.25, -0.2) is 4.98 Å². The third kappa shape index (κ3) is 3.90. The summed E-state index contributed by atoms with van der Waals surface area (Å²) in [5.74, 6) is 0.246. The summed E-state index contributed by atoms with van der Waals surface area (Å²) in [6.07, 6.45) is 3.37. The number of hydrogen-bond donors (Lipinski definition) is 1. The van der Waals surface area contributed by atoms with Gasteiger partial charge in [-0.05, 0) is 38.4 Å².